The van der Waals surface area contributed by atoms with E-state index in [1.54, 1.807) is 0 Å². The summed E-state index contributed by atoms with van der Waals surface area (Å²) in [5.41, 5.74) is 0. The zero-order valence-electron chi connectivity index (χ0n) is 32.7. The van der Waals surface area contributed by atoms with E-state index in [1.807, 2.05) is 0 Å². The molecule has 0 saturated carbocycles. The van der Waals surface area contributed by atoms with Gasteiger partial charge < -0.3 is 4.89 Å². The highest BCUT2D eigenvalue weighted by atomic mass is 31.2. The second kappa shape index (κ2) is 37.4. The largest absolute Gasteiger partial charge is 0.472 e. The van der Waals surface area contributed by atoms with Gasteiger partial charge in [-0.05, 0) is 31.1 Å². The first-order chi connectivity index (χ1) is 22.9. The van der Waals surface area contributed by atoms with Crippen LogP contribution >= 0.6 is 7.82 Å². The van der Waals surface area contributed by atoms with Crippen LogP contribution in [0.5, 0.6) is 0 Å². The van der Waals surface area contributed by atoms with Crippen LogP contribution in [0.4, 0.5) is 0 Å². The van der Waals surface area contributed by atoms with Crippen molar-refractivity contribution in [2.75, 3.05) is 13.2 Å². The maximum atomic E-state index is 12.6. The van der Waals surface area contributed by atoms with Gasteiger partial charge in [-0.25, -0.2) is 4.57 Å². The Balaban J connectivity index is 4.01. The fourth-order valence-electron chi connectivity index (χ4n) is 6.81. The number of hydrogen-bond acceptors (Lipinski definition) is 3. The third-order valence-electron chi connectivity index (χ3n) is 10.1. The molecule has 284 valence electrons. The Hall–Kier alpha value is 0.110. The summed E-state index contributed by atoms with van der Waals surface area (Å²) in [6, 6.07) is 0. The number of rotatable bonds is 40. The van der Waals surface area contributed by atoms with Gasteiger partial charge >= 0.3 is 7.82 Å². The maximum Gasteiger partial charge on any atom is 0.472 e. The topological polar surface area (TPSA) is 55.8 Å². The second-order valence-corrected chi connectivity index (χ2v) is 16.9. The molecule has 2 unspecified atom stereocenters. The van der Waals surface area contributed by atoms with Crippen LogP contribution in [0.3, 0.4) is 0 Å². The minimum absolute atomic E-state index is 0.325. The predicted octanol–water partition coefficient (Wildman–Crippen LogP) is 15.7. The van der Waals surface area contributed by atoms with E-state index in [4.69, 9.17) is 9.05 Å². The Labute approximate surface area is 296 Å². The zero-order chi connectivity index (χ0) is 34.5. The molecule has 0 amide bonds. The van der Waals surface area contributed by atoms with E-state index >= 15 is 0 Å². The van der Waals surface area contributed by atoms with Gasteiger partial charge in [-0.2, -0.15) is 0 Å². The van der Waals surface area contributed by atoms with E-state index in [0.29, 0.717) is 19.1 Å². The molecule has 0 heterocycles. The standard InChI is InChI=1S/C42H87O4P/c1-5-7-9-11-13-15-22-26-30-34-38-42(37-33-29-25-14-12-10-8-6-2)40-46-47(43,44)45-39-35-31-27-23-20-18-16-17-19-21-24-28-32-36-41(3)4/h41-42H,5-40H2,1-4H3,(H,43,44). The molecule has 0 saturated heterocycles. The molecule has 0 aliphatic carbocycles. The molecule has 0 aromatic carbocycles. The van der Waals surface area contributed by atoms with Gasteiger partial charge in [-0.1, -0.05) is 227 Å². The minimum Gasteiger partial charge on any atom is -0.302 e. The van der Waals surface area contributed by atoms with Crippen molar-refractivity contribution < 1.29 is 18.5 Å². The van der Waals surface area contributed by atoms with Gasteiger partial charge in [0.05, 0.1) is 13.2 Å². The van der Waals surface area contributed by atoms with Crippen LogP contribution in [-0.4, -0.2) is 18.1 Å². The van der Waals surface area contributed by atoms with E-state index in [1.165, 1.54) is 193 Å². The molecular weight excluding hydrogens is 599 g/mol. The fourth-order valence-corrected chi connectivity index (χ4v) is 7.65. The van der Waals surface area contributed by atoms with E-state index in [9.17, 15) is 9.46 Å². The number of phosphoric ester groups is 1. The second-order valence-electron chi connectivity index (χ2n) is 15.5. The fraction of sp³-hybridized carbons (Fsp3) is 1.00. The average molecular weight is 687 g/mol. The molecule has 1 N–H and O–H groups in total. The van der Waals surface area contributed by atoms with Gasteiger partial charge in [0.25, 0.3) is 0 Å². The van der Waals surface area contributed by atoms with Crippen molar-refractivity contribution in [3.8, 4) is 0 Å². The Kier molecular flexibility index (Phi) is 37.5. The SMILES string of the molecule is CCCCCCCCCCCCC(CCCCCCCCCC)COP(=O)(O)OCCCCCCCCCCCCCCCC(C)C. The molecule has 0 fully saturated rings. The molecule has 2 atom stereocenters. The summed E-state index contributed by atoms with van der Waals surface area (Å²) in [6.07, 6.45) is 44.4. The highest BCUT2D eigenvalue weighted by Crippen LogP contribution is 2.44. The van der Waals surface area contributed by atoms with Crippen LogP contribution in [0.15, 0.2) is 0 Å². The van der Waals surface area contributed by atoms with Crippen molar-refractivity contribution in [1.29, 1.82) is 0 Å². The molecule has 0 aromatic rings. The van der Waals surface area contributed by atoms with E-state index in [0.717, 1.165) is 31.6 Å². The lowest BCUT2D eigenvalue weighted by atomic mass is 9.94. The van der Waals surface area contributed by atoms with Crippen molar-refractivity contribution in [2.45, 2.75) is 246 Å². The first kappa shape index (κ1) is 47.1. The summed E-state index contributed by atoms with van der Waals surface area (Å²) in [7, 11) is -3.96. The smallest absolute Gasteiger partial charge is 0.302 e. The van der Waals surface area contributed by atoms with Gasteiger partial charge in [0, 0.05) is 0 Å². The third kappa shape index (κ3) is 38.8. The summed E-state index contributed by atoms with van der Waals surface area (Å²) < 4.78 is 23.6. The van der Waals surface area contributed by atoms with Crippen molar-refractivity contribution in [1.82, 2.24) is 0 Å². The highest BCUT2D eigenvalue weighted by molar-refractivity contribution is 7.47. The molecule has 0 radical (unpaired) electrons. The minimum atomic E-state index is -3.96. The van der Waals surface area contributed by atoms with E-state index in [2.05, 4.69) is 27.7 Å². The Bertz CT molecular complexity index is 640. The van der Waals surface area contributed by atoms with Crippen molar-refractivity contribution >= 4 is 7.82 Å². The first-order valence-corrected chi connectivity index (χ1v) is 23.0. The predicted molar refractivity (Wildman–Crippen MR) is 208 cm³/mol. The lowest BCUT2D eigenvalue weighted by Gasteiger charge is -2.19. The van der Waals surface area contributed by atoms with Crippen molar-refractivity contribution in [3.05, 3.63) is 0 Å². The third-order valence-corrected chi connectivity index (χ3v) is 11.1. The molecular formula is C42H87O4P. The maximum absolute atomic E-state index is 12.6. The quantitative estimate of drug-likeness (QED) is 0.0515. The number of hydrogen-bond donors (Lipinski definition) is 1. The average Bonchev–Trinajstić information content (AvgIpc) is 3.04. The molecule has 0 spiro atoms. The normalized spacial score (nSPS) is 13.8. The molecule has 47 heavy (non-hydrogen) atoms. The number of phosphoric acid groups is 1. The summed E-state index contributed by atoms with van der Waals surface area (Å²) in [6.45, 7) is 9.89. The first-order valence-electron chi connectivity index (χ1n) is 21.5. The van der Waals surface area contributed by atoms with Crippen LogP contribution in [-0.2, 0) is 13.6 Å². The number of unbranched alkanes of at least 4 members (excludes halogenated alkanes) is 28. The van der Waals surface area contributed by atoms with Crippen LogP contribution in [0.25, 0.3) is 0 Å². The molecule has 4 nitrogen and oxygen atoms in total. The van der Waals surface area contributed by atoms with Crippen LogP contribution < -0.4 is 0 Å². The summed E-state index contributed by atoms with van der Waals surface area (Å²) >= 11 is 0. The summed E-state index contributed by atoms with van der Waals surface area (Å²) in [5.74, 6) is 1.22. The van der Waals surface area contributed by atoms with E-state index < -0.39 is 7.82 Å². The van der Waals surface area contributed by atoms with Crippen LogP contribution in [0.2, 0.25) is 0 Å². The van der Waals surface area contributed by atoms with Gasteiger partial charge in [0.15, 0.2) is 0 Å². The molecule has 0 aromatic heterocycles. The molecule has 0 bridgehead atoms. The zero-order valence-corrected chi connectivity index (χ0v) is 33.6. The van der Waals surface area contributed by atoms with Crippen LogP contribution in [0, 0.1) is 11.8 Å². The lowest BCUT2D eigenvalue weighted by Crippen LogP contribution is -2.10. The van der Waals surface area contributed by atoms with Crippen molar-refractivity contribution in [2.24, 2.45) is 11.8 Å². The lowest BCUT2D eigenvalue weighted by molar-refractivity contribution is 0.123. The monoisotopic (exact) mass is 687 g/mol. The van der Waals surface area contributed by atoms with E-state index in [-0.39, 0.29) is 0 Å². The van der Waals surface area contributed by atoms with Crippen LogP contribution in [0.1, 0.15) is 246 Å². The highest BCUT2D eigenvalue weighted by Gasteiger charge is 2.23. The van der Waals surface area contributed by atoms with Crippen molar-refractivity contribution in [3.63, 3.8) is 0 Å². The van der Waals surface area contributed by atoms with Gasteiger partial charge in [-0.3, -0.25) is 9.05 Å². The summed E-state index contributed by atoms with van der Waals surface area (Å²) in [5, 5.41) is 0. The Morgan fingerprint density at radius 3 is 1.06 bits per heavy atom. The van der Waals surface area contributed by atoms with Gasteiger partial charge in [0.2, 0.25) is 0 Å². The Morgan fingerprint density at radius 1 is 0.426 bits per heavy atom. The van der Waals surface area contributed by atoms with Gasteiger partial charge in [0.1, 0.15) is 0 Å². The molecule has 0 rings (SSSR count). The Morgan fingerprint density at radius 2 is 0.723 bits per heavy atom. The summed E-state index contributed by atoms with van der Waals surface area (Å²) in [4.78, 5) is 10.4. The molecule has 0 aliphatic rings. The molecule has 0 aliphatic heterocycles. The van der Waals surface area contributed by atoms with Gasteiger partial charge in [-0.15, -0.1) is 0 Å². The molecule has 5 heteroatoms.